The molecular formula is C15H18Cl2N2O2. The number of nitrogens with one attached hydrogen (secondary N) is 2. The van der Waals surface area contributed by atoms with Gasteiger partial charge in [-0.25, -0.2) is 0 Å². The predicted molar refractivity (Wildman–Crippen MR) is 85.6 cm³/mol. The van der Waals surface area contributed by atoms with E-state index in [1.807, 2.05) is 0 Å². The standard InChI is InChI=1S/C15H18Cl2N2O2/c1-21-12-9-10(5-6-11(12)16)13-14(17)18-7-3-2-4-8-19-15(13)20/h5-6,9,18H,2-4,7-8H2,1H3,(H,19,20)/b14-13-. The Balaban J connectivity index is 2.41. The monoisotopic (exact) mass is 328 g/mol. The lowest BCUT2D eigenvalue weighted by atomic mass is 10.0. The van der Waals surface area contributed by atoms with Crippen LogP contribution >= 0.6 is 23.2 Å². The molecule has 2 rings (SSSR count). The molecule has 4 nitrogen and oxygen atoms in total. The highest BCUT2D eigenvalue weighted by atomic mass is 35.5. The number of amides is 1. The van der Waals surface area contributed by atoms with E-state index in [1.165, 1.54) is 7.11 Å². The van der Waals surface area contributed by atoms with Gasteiger partial charge < -0.3 is 15.4 Å². The van der Waals surface area contributed by atoms with E-state index < -0.39 is 0 Å². The molecule has 0 bridgehead atoms. The Morgan fingerprint density at radius 3 is 2.52 bits per heavy atom. The van der Waals surface area contributed by atoms with Crippen LogP contribution in [0.4, 0.5) is 0 Å². The van der Waals surface area contributed by atoms with Gasteiger partial charge >= 0.3 is 0 Å². The van der Waals surface area contributed by atoms with Gasteiger partial charge in [-0.1, -0.05) is 29.3 Å². The summed E-state index contributed by atoms with van der Waals surface area (Å²) in [5.74, 6) is 0.315. The molecule has 6 heteroatoms. The molecule has 1 heterocycles. The fourth-order valence-electron chi connectivity index (χ4n) is 2.18. The van der Waals surface area contributed by atoms with Gasteiger partial charge in [0.2, 0.25) is 0 Å². The second-order valence-electron chi connectivity index (χ2n) is 4.78. The lowest BCUT2D eigenvalue weighted by molar-refractivity contribution is -0.115. The topological polar surface area (TPSA) is 50.4 Å². The Morgan fingerprint density at radius 1 is 1.10 bits per heavy atom. The van der Waals surface area contributed by atoms with Gasteiger partial charge in [0.15, 0.2) is 0 Å². The van der Waals surface area contributed by atoms with Crippen molar-refractivity contribution in [1.82, 2.24) is 10.6 Å². The molecule has 1 aliphatic rings. The van der Waals surface area contributed by atoms with Gasteiger partial charge in [0, 0.05) is 13.1 Å². The molecule has 114 valence electrons. The molecule has 0 radical (unpaired) electrons. The van der Waals surface area contributed by atoms with Crippen molar-refractivity contribution < 1.29 is 9.53 Å². The number of rotatable bonds is 2. The van der Waals surface area contributed by atoms with Crippen molar-refractivity contribution in [3.05, 3.63) is 33.9 Å². The van der Waals surface area contributed by atoms with Crippen molar-refractivity contribution in [2.45, 2.75) is 19.3 Å². The Kier molecular flexibility index (Phi) is 5.76. The quantitative estimate of drug-likeness (QED) is 0.820. The van der Waals surface area contributed by atoms with E-state index in [2.05, 4.69) is 10.6 Å². The first-order valence-electron chi connectivity index (χ1n) is 6.89. The zero-order chi connectivity index (χ0) is 15.2. The Hall–Kier alpha value is -1.39. The van der Waals surface area contributed by atoms with E-state index in [-0.39, 0.29) is 5.91 Å². The third-order valence-electron chi connectivity index (χ3n) is 3.31. The first-order valence-corrected chi connectivity index (χ1v) is 7.65. The average Bonchev–Trinajstić information content (AvgIpc) is 2.48. The molecule has 0 unspecified atom stereocenters. The molecule has 2 N–H and O–H groups in total. The molecule has 1 aromatic carbocycles. The van der Waals surface area contributed by atoms with Gasteiger partial charge in [-0.2, -0.15) is 0 Å². The lowest BCUT2D eigenvalue weighted by Gasteiger charge is -2.16. The van der Waals surface area contributed by atoms with Crippen LogP contribution in [0.2, 0.25) is 5.02 Å². The van der Waals surface area contributed by atoms with Crippen molar-refractivity contribution in [3.8, 4) is 5.75 Å². The summed E-state index contributed by atoms with van der Waals surface area (Å²) in [4.78, 5) is 12.4. The van der Waals surface area contributed by atoms with E-state index >= 15 is 0 Å². The Bertz CT molecular complexity index is 559. The van der Waals surface area contributed by atoms with Crippen LogP contribution in [0, 0.1) is 0 Å². The van der Waals surface area contributed by atoms with Gasteiger partial charge in [0.1, 0.15) is 10.9 Å². The van der Waals surface area contributed by atoms with Gasteiger partial charge in [-0.3, -0.25) is 4.79 Å². The number of hydrogen-bond acceptors (Lipinski definition) is 3. The minimum atomic E-state index is -0.196. The number of hydrogen-bond donors (Lipinski definition) is 2. The first-order chi connectivity index (χ1) is 10.1. The van der Waals surface area contributed by atoms with E-state index in [1.54, 1.807) is 18.2 Å². The molecule has 0 aromatic heterocycles. The van der Waals surface area contributed by atoms with Crippen molar-refractivity contribution in [2.24, 2.45) is 0 Å². The summed E-state index contributed by atoms with van der Waals surface area (Å²) in [5.41, 5.74) is 1.08. The fraction of sp³-hybridized carbons (Fsp3) is 0.400. The van der Waals surface area contributed by atoms with Crippen molar-refractivity contribution in [2.75, 3.05) is 20.2 Å². The van der Waals surface area contributed by atoms with Crippen LogP contribution in [0.1, 0.15) is 24.8 Å². The zero-order valence-electron chi connectivity index (χ0n) is 11.8. The van der Waals surface area contributed by atoms with Gasteiger partial charge in [-0.15, -0.1) is 0 Å². The maximum absolute atomic E-state index is 12.4. The highest BCUT2D eigenvalue weighted by Crippen LogP contribution is 2.30. The zero-order valence-corrected chi connectivity index (χ0v) is 13.4. The van der Waals surface area contributed by atoms with E-state index in [4.69, 9.17) is 27.9 Å². The van der Waals surface area contributed by atoms with Crippen molar-refractivity contribution in [1.29, 1.82) is 0 Å². The van der Waals surface area contributed by atoms with Gasteiger partial charge in [0.05, 0.1) is 17.7 Å². The third kappa shape index (κ3) is 4.05. The summed E-state index contributed by atoms with van der Waals surface area (Å²) in [6, 6.07) is 5.17. The summed E-state index contributed by atoms with van der Waals surface area (Å²) >= 11 is 12.3. The molecule has 1 amide bonds. The molecule has 0 saturated heterocycles. The van der Waals surface area contributed by atoms with E-state index in [0.29, 0.717) is 33.6 Å². The Morgan fingerprint density at radius 2 is 1.81 bits per heavy atom. The fourth-order valence-corrected chi connectivity index (χ4v) is 2.66. The van der Waals surface area contributed by atoms with Crippen LogP contribution in [0.5, 0.6) is 5.75 Å². The van der Waals surface area contributed by atoms with E-state index in [0.717, 1.165) is 25.8 Å². The maximum Gasteiger partial charge on any atom is 0.254 e. The predicted octanol–water partition coefficient (Wildman–Crippen LogP) is 3.15. The molecular weight excluding hydrogens is 311 g/mol. The first kappa shape index (κ1) is 16.0. The number of carbonyl (C=O) groups excluding carboxylic acids is 1. The summed E-state index contributed by atoms with van der Waals surface area (Å²) in [6.07, 6.45) is 3.03. The molecule has 0 fully saturated rings. The molecule has 1 aromatic rings. The number of carbonyl (C=O) groups is 1. The van der Waals surface area contributed by atoms with Crippen LogP contribution in [-0.2, 0) is 4.79 Å². The lowest BCUT2D eigenvalue weighted by Crippen LogP contribution is -2.29. The molecule has 1 aliphatic heterocycles. The molecule has 0 atom stereocenters. The highest BCUT2D eigenvalue weighted by molar-refractivity contribution is 6.39. The molecule has 0 aliphatic carbocycles. The summed E-state index contributed by atoms with van der Waals surface area (Å²) in [6.45, 7) is 1.40. The van der Waals surface area contributed by atoms with Crippen LogP contribution in [-0.4, -0.2) is 26.1 Å². The minimum absolute atomic E-state index is 0.196. The molecule has 0 saturated carbocycles. The van der Waals surface area contributed by atoms with Crippen molar-refractivity contribution in [3.63, 3.8) is 0 Å². The van der Waals surface area contributed by atoms with E-state index in [9.17, 15) is 4.79 Å². The maximum atomic E-state index is 12.4. The number of ether oxygens (including phenoxy) is 1. The smallest absolute Gasteiger partial charge is 0.254 e. The molecule has 0 spiro atoms. The van der Waals surface area contributed by atoms with Crippen LogP contribution in [0.3, 0.4) is 0 Å². The molecule has 21 heavy (non-hydrogen) atoms. The summed E-state index contributed by atoms with van der Waals surface area (Å²) < 4.78 is 5.20. The Labute approximate surface area is 134 Å². The third-order valence-corrected chi connectivity index (χ3v) is 3.94. The number of benzene rings is 1. The van der Waals surface area contributed by atoms with Gasteiger partial charge in [-0.05, 0) is 37.0 Å². The van der Waals surface area contributed by atoms with Crippen LogP contribution < -0.4 is 15.4 Å². The SMILES string of the molecule is COc1cc(/C2=C(\Cl)NCCCCCNC2=O)ccc1Cl. The van der Waals surface area contributed by atoms with Crippen LogP contribution in [0.15, 0.2) is 23.4 Å². The normalized spacial score (nSPS) is 20.4. The second-order valence-corrected chi connectivity index (χ2v) is 5.57. The minimum Gasteiger partial charge on any atom is -0.495 e. The summed E-state index contributed by atoms with van der Waals surface area (Å²) in [5, 5.41) is 6.82. The van der Waals surface area contributed by atoms with Gasteiger partial charge in [0.25, 0.3) is 5.91 Å². The van der Waals surface area contributed by atoms with Crippen molar-refractivity contribution >= 4 is 34.7 Å². The number of halogens is 2. The largest absolute Gasteiger partial charge is 0.495 e. The highest BCUT2D eigenvalue weighted by Gasteiger charge is 2.18. The number of methoxy groups -OCH3 is 1. The van der Waals surface area contributed by atoms with Crippen LogP contribution in [0.25, 0.3) is 5.57 Å². The second kappa shape index (κ2) is 7.57. The average molecular weight is 329 g/mol. The summed E-state index contributed by atoms with van der Waals surface area (Å²) in [7, 11) is 1.53.